The maximum absolute atomic E-state index is 11.7. The van der Waals surface area contributed by atoms with E-state index < -0.39 is 0 Å². The van der Waals surface area contributed by atoms with Crippen molar-refractivity contribution in [1.82, 2.24) is 30.8 Å². The third kappa shape index (κ3) is 4.40. The molecule has 170 valence electrons. The van der Waals surface area contributed by atoms with Crippen LogP contribution in [0.25, 0.3) is 0 Å². The molecule has 5 atom stereocenters. The van der Waals surface area contributed by atoms with Gasteiger partial charge in [0.15, 0.2) is 0 Å². The first-order valence-corrected chi connectivity index (χ1v) is 12.3. The van der Waals surface area contributed by atoms with Gasteiger partial charge < -0.3 is 10.2 Å². The van der Waals surface area contributed by atoms with Crippen LogP contribution in [0, 0.1) is 5.92 Å². The predicted molar refractivity (Wildman–Crippen MR) is 115 cm³/mol. The summed E-state index contributed by atoms with van der Waals surface area (Å²) in [5.41, 5.74) is 3.37. The standard InChI is InChI=1S/C22H40N6O2/c1-16(29)26-13-7-18(8-14-26)28-12-4-5-19(28)22-24-21(25-30-22)17-6-9-23-20(15-17)27-10-2-3-11-27/h17-25H,2-15H2,1H3. The molecule has 5 saturated heterocycles. The lowest BCUT2D eigenvalue weighted by Gasteiger charge is -2.40. The van der Waals surface area contributed by atoms with Gasteiger partial charge in [-0.05, 0) is 83.5 Å². The molecule has 0 aromatic heterocycles. The van der Waals surface area contributed by atoms with E-state index in [-0.39, 0.29) is 18.3 Å². The van der Waals surface area contributed by atoms with Crippen LogP contribution in [0.1, 0.15) is 58.3 Å². The zero-order chi connectivity index (χ0) is 20.5. The summed E-state index contributed by atoms with van der Waals surface area (Å²) in [6.07, 6.45) is 10.6. The number of amides is 1. The van der Waals surface area contributed by atoms with Crippen molar-refractivity contribution in [2.75, 3.05) is 39.3 Å². The molecule has 3 N–H and O–H groups in total. The van der Waals surface area contributed by atoms with Gasteiger partial charge in [0.05, 0.1) is 18.4 Å². The minimum atomic E-state index is 0.0726. The molecular weight excluding hydrogens is 380 g/mol. The molecule has 8 heteroatoms. The van der Waals surface area contributed by atoms with Gasteiger partial charge in [0, 0.05) is 26.1 Å². The van der Waals surface area contributed by atoms with Crippen LogP contribution in [0.3, 0.4) is 0 Å². The van der Waals surface area contributed by atoms with Crippen molar-refractivity contribution in [2.24, 2.45) is 5.92 Å². The number of hydroxylamine groups is 1. The molecular formula is C22H40N6O2. The smallest absolute Gasteiger partial charge is 0.219 e. The van der Waals surface area contributed by atoms with Gasteiger partial charge in [0.25, 0.3) is 0 Å². The van der Waals surface area contributed by atoms with Crippen LogP contribution in [-0.2, 0) is 9.63 Å². The number of hydrogen-bond acceptors (Lipinski definition) is 7. The third-order valence-electron chi connectivity index (χ3n) is 8.21. The lowest BCUT2D eigenvalue weighted by Crippen LogP contribution is -2.55. The molecule has 5 unspecified atom stereocenters. The maximum Gasteiger partial charge on any atom is 0.219 e. The summed E-state index contributed by atoms with van der Waals surface area (Å²) in [4.78, 5) is 25.1. The first-order chi connectivity index (χ1) is 14.7. The fraction of sp³-hybridized carbons (Fsp3) is 0.955. The normalized spacial score (nSPS) is 39.8. The van der Waals surface area contributed by atoms with Crippen molar-refractivity contribution in [2.45, 2.75) is 88.9 Å². The number of likely N-dealkylation sites (tertiary alicyclic amines) is 3. The van der Waals surface area contributed by atoms with Crippen molar-refractivity contribution in [3.8, 4) is 0 Å². The lowest BCUT2D eigenvalue weighted by atomic mass is 9.92. The van der Waals surface area contributed by atoms with Gasteiger partial charge in [-0.3, -0.25) is 24.7 Å². The molecule has 1 amide bonds. The van der Waals surface area contributed by atoms with E-state index in [9.17, 15) is 4.79 Å². The zero-order valence-electron chi connectivity index (χ0n) is 18.5. The number of nitrogens with zero attached hydrogens (tertiary/aromatic N) is 3. The molecule has 0 radical (unpaired) electrons. The summed E-state index contributed by atoms with van der Waals surface area (Å²) >= 11 is 0. The van der Waals surface area contributed by atoms with Crippen molar-refractivity contribution in [1.29, 1.82) is 0 Å². The number of carbonyl (C=O) groups is 1. The van der Waals surface area contributed by atoms with Crippen LogP contribution < -0.4 is 16.1 Å². The zero-order valence-corrected chi connectivity index (χ0v) is 18.5. The second-order valence-electron chi connectivity index (χ2n) is 9.98. The molecule has 5 rings (SSSR count). The SMILES string of the molecule is CC(=O)N1CCC(N2CCCC2C2NC(C3CCNC(N4CCCC4)C3)NO2)CC1. The molecule has 0 aromatic carbocycles. The predicted octanol–water partition coefficient (Wildman–Crippen LogP) is 0.660. The Labute approximate surface area is 181 Å². The fourth-order valence-electron chi connectivity index (χ4n) is 6.48. The summed E-state index contributed by atoms with van der Waals surface area (Å²) in [5.74, 6) is 0.823. The molecule has 0 aromatic rings. The van der Waals surface area contributed by atoms with Crippen LogP contribution >= 0.6 is 0 Å². The fourth-order valence-corrected chi connectivity index (χ4v) is 6.48. The Bertz CT molecular complexity index is 592. The van der Waals surface area contributed by atoms with Gasteiger partial charge in [-0.25, -0.2) is 0 Å². The Balaban J connectivity index is 1.15. The Kier molecular flexibility index (Phi) is 6.60. The summed E-state index contributed by atoms with van der Waals surface area (Å²) in [5, 5.41) is 7.56. The second-order valence-corrected chi connectivity index (χ2v) is 9.98. The minimum Gasteiger partial charge on any atom is -0.343 e. The molecule has 5 fully saturated rings. The van der Waals surface area contributed by atoms with E-state index in [1.165, 1.54) is 51.6 Å². The number of nitrogens with one attached hydrogen (secondary N) is 3. The lowest BCUT2D eigenvalue weighted by molar-refractivity contribution is -0.130. The van der Waals surface area contributed by atoms with E-state index in [4.69, 9.17) is 4.84 Å². The van der Waals surface area contributed by atoms with E-state index in [1.807, 2.05) is 4.90 Å². The van der Waals surface area contributed by atoms with E-state index >= 15 is 0 Å². The molecule has 0 spiro atoms. The molecule has 5 heterocycles. The van der Waals surface area contributed by atoms with Crippen molar-refractivity contribution in [3.05, 3.63) is 0 Å². The summed E-state index contributed by atoms with van der Waals surface area (Å²) in [6.45, 7) is 8.23. The highest BCUT2D eigenvalue weighted by molar-refractivity contribution is 5.73. The van der Waals surface area contributed by atoms with Crippen LogP contribution in [0.5, 0.6) is 0 Å². The third-order valence-corrected chi connectivity index (χ3v) is 8.21. The second kappa shape index (κ2) is 9.38. The molecule has 0 aliphatic carbocycles. The van der Waals surface area contributed by atoms with Gasteiger partial charge in [-0.2, -0.15) is 5.48 Å². The molecule has 5 aliphatic rings. The molecule has 0 bridgehead atoms. The highest BCUT2D eigenvalue weighted by Gasteiger charge is 2.43. The minimum absolute atomic E-state index is 0.0726. The van der Waals surface area contributed by atoms with Crippen molar-refractivity contribution in [3.63, 3.8) is 0 Å². The maximum atomic E-state index is 11.7. The van der Waals surface area contributed by atoms with Crippen LogP contribution in [-0.4, -0.2) is 90.5 Å². The Hall–Kier alpha value is -0.770. The highest BCUT2D eigenvalue weighted by atomic mass is 16.7. The van der Waals surface area contributed by atoms with E-state index in [0.29, 0.717) is 24.2 Å². The molecule has 0 saturated carbocycles. The first kappa shape index (κ1) is 21.1. The van der Waals surface area contributed by atoms with Crippen LogP contribution in [0.4, 0.5) is 0 Å². The van der Waals surface area contributed by atoms with E-state index in [2.05, 4.69) is 25.9 Å². The number of piperidine rings is 2. The van der Waals surface area contributed by atoms with Gasteiger partial charge >= 0.3 is 0 Å². The first-order valence-electron chi connectivity index (χ1n) is 12.3. The van der Waals surface area contributed by atoms with E-state index in [1.54, 1.807) is 6.92 Å². The number of hydrogen-bond donors (Lipinski definition) is 3. The monoisotopic (exact) mass is 420 g/mol. The average molecular weight is 421 g/mol. The van der Waals surface area contributed by atoms with Gasteiger partial charge in [0.1, 0.15) is 6.23 Å². The Morgan fingerprint density at radius 2 is 1.77 bits per heavy atom. The molecule has 8 nitrogen and oxygen atoms in total. The summed E-state index contributed by atoms with van der Waals surface area (Å²) in [7, 11) is 0. The molecule has 30 heavy (non-hydrogen) atoms. The van der Waals surface area contributed by atoms with Crippen LogP contribution in [0.2, 0.25) is 0 Å². The van der Waals surface area contributed by atoms with Gasteiger partial charge in [-0.15, -0.1) is 0 Å². The largest absolute Gasteiger partial charge is 0.343 e. The Morgan fingerprint density at radius 3 is 2.53 bits per heavy atom. The van der Waals surface area contributed by atoms with E-state index in [0.717, 1.165) is 39.0 Å². The van der Waals surface area contributed by atoms with Crippen molar-refractivity contribution >= 4 is 5.91 Å². The van der Waals surface area contributed by atoms with Gasteiger partial charge in [-0.1, -0.05) is 0 Å². The van der Waals surface area contributed by atoms with Crippen LogP contribution in [0.15, 0.2) is 0 Å². The number of carbonyl (C=O) groups excluding carboxylic acids is 1. The number of rotatable bonds is 4. The summed E-state index contributed by atoms with van der Waals surface area (Å²) in [6, 6.07) is 1.02. The average Bonchev–Trinajstić information content (AvgIpc) is 3.55. The van der Waals surface area contributed by atoms with Crippen molar-refractivity contribution < 1.29 is 9.63 Å². The highest BCUT2D eigenvalue weighted by Crippen LogP contribution is 2.31. The quantitative estimate of drug-likeness (QED) is 0.617. The molecule has 5 aliphatic heterocycles. The summed E-state index contributed by atoms with van der Waals surface area (Å²) < 4.78 is 0. The van der Waals surface area contributed by atoms with Gasteiger partial charge in [0.2, 0.25) is 5.91 Å². The Morgan fingerprint density at radius 1 is 0.967 bits per heavy atom. The topological polar surface area (TPSA) is 72.1 Å².